The number of rotatable bonds is 21. The Hall–Kier alpha value is -3.95. The van der Waals surface area contributed by atoms with Crippen LogP contribution < -0.4 is 25.4 Å². The van der Waals surface area contributed by atoms with E-state index in [2.05, 4.69) is 188 Å². The smallest absolute Gasteiger partial charge is 0.119 e. The number of nitrogens with zero attached hydrogens (tertiary/aromatic N) is 1. The Kier molecular flexibility index (Phi) is 15.2. The van der Waals surface area contributed by atoms with Crippen molar-refractivity contribution in [3.05, 3.63) is 151 Å². The third kappa shape index (κ3) is 12.8. The van der Waals surface area contributed by atoms with Gasteiger partial charge in [-0.3, -0.25) is 0 Å². The summed E-state index contributed by atoms with van der Waals surface area (Å²) in [6, 6.07) is 50.8. The second kappa shape index (κ2) is 19.8. The lowest BCUT2D eigenvalue weighted by atomic mass is 9.72. The van der Waals surface area contributed by atoms with Crippen molar-refractivity contribution in [2.75, 3.05) is 53.2 Å². The maximum Gasteiger partial charge on any atom is 0.119 e. The molecule has 0 heterocycles. The van der Waals surface area contributed by atoms with Crippen LogP contribution in [-0.4, -0.2) is 57.7 Å². The van der Waals surface area contributed by atoms with Crippen LogP contribution in [0.3, 0.4) is 0 Å². The minimum atomic E-state index is -1.80. The van der Waals surface area contributed by atoms with Crippen LogP contribution in [0.1, 0.15) is 71.4 Å². The maximum absolute atomic E-state index is 6.27. The van der Waals surface area contributed by atoms with Crippen LogP contribution in [0, 0.1) is 5.41 Å². The Bertz CT molecular complexity index is 1720. The van der Waals surface area contributed by atoms with Gasteiger partial charge in [0.05, 0.1) is 46.7 Å². The van der Waals surface area contributed by atoms with Gasteiger partial charge in [-0.05, 0) is 108 Å². The van der Waals surface area contributed by atoms with Crippen LogP contribution in [0.25, 0.3) is 0 Å². The van der Waals surface area contributed by atoms with Crippen molar-refractivity contribution in [2.24, 2.45) is 5.41 Å². The maximum atomic E-state index is 6.27. The molecule has 5 rings (SSSR count). The summed E-state index contributed by atoms with van der Waals surface area (Å²) in [5, 5.41) is 4.32. The molecule has 0 aliphatic heterocycles. The number of benzene rings is 5. The average molecular weight is 760 g/mol. The number of unbranched alkanes of at least 4 members (excludes halogenated alkanes) is 1. The highest BCUT2D eigenvalue weighted by Crippen LogP contribution is 2.56. The van der Waals surface area contributed by atoms with Gasteiger partial charge in [0.25, 0.3) is 0 Å². The van der Waals surface area contributed by atoms with Gasteiger partial charge in [-0.1, -0.05) is 101 Å². The summed E-state index contributed by atoms with van der Waals surface area (Å²) < 4.78 is 19.2. The Morgan fingerprint density at radius 1 is 0.509 bits per heavy atom. The van der Waals surface area contributed by atoms with Crippen molar-refractivity contribution >= 4 is 23.2 Å². The Labute approximate surface area is 333 Å². The molecular formula is C50H66NO3P+2. The molecule has 0 radical (unpaired) electrons. The quantitative estimate of drug-likeness (QED) is 0.0424. The average Bonchev–Trinajstić information content (AvgIpc) is 3.17. The molecule has 0 amide bonds. The molecular weight excluding hydrogens is 694 g/mol. The van der Waals surface area contributed by atoms with Gasteiger partial charge < -0.3 is 18.7 Å². The van der Waals surface area contributed by atoms with E-state index in [1.165, 1.54) is 27.0 Å². The highest BCUT2D eigenvalue weighted by Gasteiger charge is 2.44. The van der Waals surface area contributed by atoms with Gasteiger partial charge in [-0.15, -0.1) is 0 Å². The fourth-order valence-corrected chi connectivity index (χ4v) is 12.4. The van der Waals surface area contributed by atoms with Crippen LogP contribution in [0.4, 0.5) is 0 Å². The van der Waals surface area contributed by atoms with Crippen LogP contribution >= 0.6 is 7.26 Å². The number of hydrogen-bond donors (Lipinski definition) is 0. The molecule has 5 aromatic carbocycles. The fourth-order valence-electron chi connectivity index (χ4n) is 7.98. The first-order valence-corrected chi connectivity index (χ1v) is 22.2. The van der Waals surface area contributed by atoms with E-state index in [0.29, 0.717) is 25.2 Å². The molecule has 0 aromatic heterocycles. The molecule has 0 atom stereocenters. The lowest BCUT2D eigenvalue weighted by molar-refractivity contribution is -0.904. The summed E-state index contributed by atoms with van der Waals surface area (Å²) in [5.41, 5.74) is 3.10. The van der Waals surface area contributed by atoms with Crippen molar-refractivity contribution in [3.8, 4) is 11.5 Å². The standard InChI is InChI=1S/C50H66NO3P/c1-49(2,3)41-50(4,5)43-28-32-45(33-29-43)54-37-19-35-52-38-34-51(6,7)40-42-26-30-44(31-27-42)53-36-17-18-39-55(46-20-11-8-12-21-46,47-22-13-9-14-23-47)48-24-15-10-16-25-48/h8-16,20-33H,17-19,34-41H2,1-7H3/q+2. The van der Waals surface area contributed by atoms with Gasteiger partial charge in [0.2, 0.25) is 0 Å². The van der Waals surface area contributed by atoms with E-state index in [-0.39, 0.29) is 5.41 Å². The molecule has 292 valence electrons. The molecule has 0 unspecified atom stereocenters. The summed E-state index contributed by atoms with van der Waals surface area (Å²) in [6.07, 6.45) is 5.23. The second-order valence-electron chi connectivity index (χ2n) is 17.5. The third-order valence-electron chi connectivity index (χ3n) is 10.4. The molecule has 0 saturated heterocycles. The molecule has 0 fully saturated rings. The largest absolute Gasteiger partial charge is 0.494 e. The Balaban J connectivity index is 1.01. The van der Waals surface area contributed by atoms with E-state index in [1.54, 1.807) is 0 Å². The predicted molar refractivity (Wildman–Crippen MR) is 236 cm³/mol. The molecule has 0 N–H and O–H groups in total. The summed E-state index contributed by atoms with van der Waals surface area (Å²) in [5.74, 6) is 1.87. The van der Waals surface area contributed by atoms with E-state index in [0.717, 1.165) is 67.5 Å². The number of ether oxygens (including phenoxy) is 3. The van der Waals surface area contributed by atoms with Gasteiger partial charge in [0.15, 0.2) is 0 Å². The van der Waals surface area contributed by atoms with Crippen LogP contribution in [0.15, 0.2) is 140 Å². The van der Waals surface area contributed by atoms with Crippen molar-refractivity contribution in [1.82, 2.24) is 0 Å². The van der Waals surface area contributed by atoms with Crippen LogP contribution in [0.2, 0.25) is 0 Å². The highest BCUT2D eigenvalue weighted by molar-refractivity contribution is 7.95. The van der Waals surface area contributed by atoms with E-state index >= 15 is 0 Å². The van der Waals surface area contributed by atoms with E-state index in [4.69, 9.17) is 14.2 Å². The highest BCUT2D eigenvalue weighted by atomic mass is 31.2. The number of quaternary nitrogens is 1. The minimum Gasteiger partial charge on any atom is -0.494 e. The zero-order valence-electron chi connectivity index (χ0n) is 34.7. The number of likely N-dealkylation sites (N-methyl/N-ethyl adjacent to an activating group) is 1. The van der Waals surface area contributed by atoms with Crippen molar-refractivity contribution < 1.29 is 18.7 Å². The molecule has 0 aliphatic carbocycles. The SMILES string of the molecule is CC(C)(C)CC(C)(C)c1ccc(OCCCOCC[N+](C)(C)Cc2ccc(OCCCC[P+](c3ccccc3)(c3ccccc3)c3ccccc3)cc2)cc1. The molecule has 0 bridgehead atoms. The van der Waals surface area contributed by atoms with Crippen LogP contribution in [0.5, 0.6) is 11.5 Å². The molecule has 4 nitrogen and oxygen atoms in total. The minimum absolute atomic E-state index is 0.140. The lowest BCUT2D eigenvalue weighted by Gasteiger charge is -2.33. The summed E-state index contributed by atoms with van der Waals surface area (Å²) in [6.45, 7) is 16.3. The summed E-state index contributed by atoms with van der Waals surface area (Å²) in [7, 11) is 2.74. The van der Waals surface area contributed by atoms with E-state index in [9.17, 15) is 0 Å². The van der Waals surface area contributed by atoms with Gasteiger partial charge in [0, 0.05) is 12.0 Å². The van der Waals surface area contributed by atoms with Crippen molar-refractivity contribution in [2.45, 2.75) is 72.3 Å². The normalized spacial score (nSPS) is 12.4. The van der Waals surface area contributed by atoms with Crippen LogP contribution in [-0.2, 0) is 16.7 Å². The zero-order chi connectivity index (χ0) is 39.2. The predicted octanol–water partition coefficient (Wildman–Crippen LogP) is 10.6. The summed E-state index contributed by atoms with van der Waals surface area (Å²) in [4.78, 5) is 0. The molecule has 0 aliphatic rings. The topological polar surface area (TPSA) is 27.7 Å². The van der Waals surface area contributed by atoms with Gasteiger partial charge in [0.1, 0.15) is 47.8 Å². The zero-order valence-corrected chi connectivity index (χ0v) is 35.6. The molecule has 5 heteroatoms. The van der Waals surface area contributed by atoms with E-state index in [1.807, 2.05) is 0 Å². The van der Waals surface area contributed by atoms with Crippen molar-refractivity contribution in [3.63, 3.8) is 0 Å². The first kappa shape index (κ1) is 42.2. The first-order valence-electron chi connectivity index (χ1n) is 20.3. The van der Waals surface area contributed by atoms with Gasteiger partial charge in [-0.2, -0.15) is 0 Å². The molecule has 0 spiro atoms. The summed E-state index contributed by atoms with van der Waals surface area (Å²) >= 11 is 0. The lowest BCUT2D eigenvalue weighted by Crippen LogP contribution is -2.41. The van der Waals surface area contributed by atoms with E-state index < -0.39 is 7.26 Å². The van der Waals surface area contributed by atoms with Gasteiger partial charge in [-0.25, -0.2) is 0 Å². The second-order valence-corrected chi connectivity index (χ2v) is 21.1. The first-order chi connectivity index (χ1) is 26.4. The third-order valence-corrected chi connectivity index (χ3v) is 15.0. The monoisotopic (exact) mass is 759 g/mol. The number of hydrogen-bond acceptors (Lipinski definition) is 3. The van der Waals surface area contributed by atoms with Gasteiger partial charge >= 0.3 is 0 Å². The molecule has 0 saturated carbocycles. The molecule has 5 aromatic rings. The fraction of sp³-hybridized carbons (Fsp3) is 0.400. The Morgan fingerprint density at radius 3 is 1.47 bits per heavy atom. The Morgan fingerprint density at radius 2 is 0.982 bits per heavy atom. The molecule has 55 heavy (non-hydrogen) atoms. The van der Waals surface area contributed by atoms with Crippen molar-refractivity contribution in [1.29, 1.82) is 0 Å².